The van der Waals surface area contributed by atoms with Gasteiger partial charge in [-0.3, -0.25) is 29.6 Å². The second-order valence-electron chi connectivity index (χ2n) is 13.9. The van der Waals surface area contributed by atoms with Gasteiger partial charge in [0.15, 0.2) is 11.5 Å². The fraction of sp³-hybridized carbons (Fsp3) is 0.333. The lowest BCUT2D eigenvalue weighted by Gasteiger charge is -2.34. The summed E-state index contributed by atoms with van der Waals surface area (Å²) < 4.78 is 1.51. The van der Waals surface area contributed by atoms with Gasteiger partial charge in [0.1, 0.15) is 5.69 Å². The molecule has 13 nitrogen and oxygen atoms in total. The Morgan fingerprint density at radius 2 is 1.77 bits per heavy atom. The predicted molar refractivity (Wildman–Crippen MR) is 203 cm³/mol. The number of benzene rings is 2. The molecule has 1 unspecified atom stereocenters. The Balaban J connectivity index is 0.871. The van der Waals surface area contributed by atoms with E-state index in [4.69, 9.17) is 27.4 Å². The van der Waals surface area contributed by atoms with Crippen LogP contribution >= 0.6 is 11.6 Å². The van der Waals surface area contributed by atoms with Crippen LogP contribution in [0.25, 0.3) is 16.9 Å². The molecule has 3 amide bonds. The lowest BCUT2D eigenvalue weighted by Crippen LogP contribution is -2.46. The van der Waals surface area contributed by atoms with Gasteiger partial charge in [-0.2, -0.15) is 0 Å². The highest BCUT2D eigenvalue weighted by Gasteiger charge is 2.30. The fourth-order valence-electron chi connectivity index (χ4n) is 7.74. The average Bonchev–Trinajstić information content (AvgIpc) is 3.80. The number of nitrogens with two attached hydrogens (primary N) is 1. The van der Waals surface area contributed by atoms with Crippen molar-refractivity contribution < 1.29 is 14.4 Å². The van der Waals surface area contributed by atoms with Crippen molar-refractivity contribution in [2.75, 3.05) is 56.5 Å². The first-order chi connectivity index (χ1) is 25.7. The second kappa shape index (κ2) is 14.6. The van der Waals surface area contributed by atoms with Gasteiger partial charge in [-0.1, -0.05) is 41.9 Å². The van der Waals surface area contributed by atoms with Gasteiger partial charge in [0.2, 0.25) is 11.8 Å². The van der Waals surface area contributed by atoms with E-state index in [1.807, 2.05) is 31.4 Å². The lowest BCUT2D eigenvalue weighted by atomic mass is 9.89. The molecule has 53 heavy (non-hydrogen) atoms. The van der Waals surface area contributed by atoms with Crippen molar-refractivity contribution in [2.24, 2.45) is 5.73 Å². The van der Waals surface area contributed by atoms with Gasteiger partial charge in [-0.05, 0) is 59.7 Å². The molecule has 272 valence electrons. The van der Waals surface area contributed by atoms with Gasteiger partial charge in [-0.25, -0.2) is 9.50 Å². The molecule has 2 saturated heterocycles. The highest BCUT2D eigenvalue weighted by Crippen LogP contribution is 2.40. The fourth-order valence-corrected chi connectivity index (χ4v) is 8.08. The van der Waals surface area contributed by atoms with E-state index in [0.717, 1.165) is 92.4 Å². The zero-order valence-electron chi connectivity index (χ0n) is 29.5. The number of carbonyl (C=O) groups excluding carboxylic acids is 3. The third kappa shape index (κ3) is 6.95. The molecule has 0 radical (unpaired) electrons. The van der Waals surface area contributed by atoms with E-state index < -0.39 is 5.91 Å². The quantitative estimate of drug-likeness (QED) is 0.179. The minimum absolute atomic E-state index is 0.221. The number of amides is 3. The predicted octanol–water partition coefficient (Wildman–Crippen LogP) is 4.16. The molecule has 3 aliphatic heterocycles. The van der Waals surface area contributed by atoms with Crippen molar-refractivity contribution in [3.63, 3.8) is 0 Å². The minimum atomic E-state index is -0.583. The van der Waals surface area contributed by atoms with Gasteiger partial charge in [0.05, 0.1) is 23.5 Å². The Kier molecular flexibility index (Phi) is 9.54. The SMILES string of the molecule is CNc1cc(N2CCc3c(-c4ccc(CN5CCN(CCc6ccc(C7CCC(=O)NC7=O)c(Cl)c6)CC5)cn4)cccc32)nn2c(C(N)=O)cnc12. The van der Waals surface area contributed by atoms with E-state index in [0.29, 0.717) is 29.3 Å². The van der Waals surface area contributed by atoms with E-state index in [2.05, 4.69) is 66.7 Å². The summed E-state index contributed by atoms with van der Waals surface area (Å²) in [5, 5.41) is 10.9. The molecule has 0 aliphatic carbocycles. The van der Waals surface area contributed by atoms with Crippen LogP contribution in [0.3, 0.4) is 0 Å². The number of fused-ring (bicyclic) bond motifs is 2. The van der Waals surface area contributed by atoms with Crippen molar-refractivity contribution in [2.45, 2.75) is 38.1 Å². The molecule has 0 spiro atoms. The number of primary amides is 1. The Morgan fingerprint density at radius 3 is 2.51 bits per heavy atom. The Hall–Kier alpha value is -5.37. The number of nitrogens with one attached hydrogen (secondary N) is 2. The molecule has 5 aromatic rings. The molecular formula is C39H41ClN10O3. The summed E-state index contributed by atoms with van der Waals surface area (Å²) in [6, 6.07) is 18.5. The Labute approximate surface area is 312 Å². The van der Waals surface area contributed by atoms with Crippen LogP contribution in [0.2, 0.25) is 5.02 Å². The zero-order chi connectivity index (χ0) is 36.6. The number of pyridine rings is 1. The van der Waals surface area contributed by atoms with Crippen molar-refractivity contribution in [3.8, 4) is 11.3 Å². The first kappa shape index (κ1) is 34.7. The summed E-state index contributed by atoms with van der Waals surface area (Å²) in [6.07, 6.45) is 5.99. The number of imidazole rings is 1. The number of piperazine rings is 1. The number of carbonyl (C=O) groups is 3. The number of piperidine rings is 1. The zero-order valence-corrected chi connectivity index (χ0v) is 30.3. The van der Waals surface area contributed by atoms with Crippen LogP contribution < -0.4 is 21.3 Å². The van der Waals surface area contributed by atoms with E-state index in [1.165, 1.54) is 21.8 Å². The van der Waals surface area contributed by atoms with Gasteiger partial charge in [0.25, 0.3) is 5.91 Å². The van der Waals surface area contributed by atoms with Crippen LogP contribution in [0.15, 0.2) is 67.0 Å². The number of nitrogens with zero attached hydrogens (tertiary/aromatic N) is 7. The van der Waals surface area contributed by atoms with Crippen molar-refractivity contribution >= 4 is 52.2 Å². The monoisotopic (exact) mass is 732 g/mol. The summed E-state index contributed by atoms with van der Waals surface area (Å²) in [4.78, 5) is 52.3. The standard InChI is InChI=1S/C39H41ClN10O3/c1-42-32-20-35(46-50-34(37(41)52)22-44-38(32)50)49-14-12-28-27(3-2-4-33(28)49)31-9-6-25(21-43-31)23-48-17-15-47(16-18-48)13-11-24-5-7-26(30(40)19-24)29-8-10-36(51)45-39(29)53/h2-7,9,19-22,29,42H,8,10-18,23H2,1H3,(H2,41,52)(H,45,51,53). The molecule has 14 heteroatoms. The second-order valence-corrected chi connectivity index (χ2v) is 14.3. The molecule has 6 heterocycles. The van der Waals surface area contributed by atoms with E-state index in [-0.39, 0.29) is 23.4 Å². The molecule has 2 aromatic carbocycles. The molecule has 3 aliphatic rings. The average molecular weight is 733 g/mol. The number of aromatic nitrogens is 4. The maximum atomic E-state index is 12.3. The molecule has 8 rings (SSSR count). The van der Waals surface area contributed by atoms with Gasteiger partial charge < -0.3 is 20.9 Å². The first-order valence-electron chi connectivity index (χ1n) is 18.0. The van der Waals surface area contributed by atoms with E-state index in [9.17, 15) is 14.4 Å². The lowest BCUT2D eigenvalue weighted by molar-refractivity contribution is -0.134. The van der Waals surface area contributed by atoms with Crippen molar-refractivity contribution in [1.82, 2.24) is 34.7 Å². The normalized spacial score (nSPS) is 18.0. The van der Waals surface area contributed by atoms with E-state index >= 15 is 0 Å². The molecular weight excluding hydrogens is 692 g/mol. The maximum absolute atomic E-state index is 12.3. The van der Waals surface area contributed by atoms with Crippen molar-refractivity contribution in [3.05, 3.63) is 100.0 Å². The molecule has 0 saturated carbocycles. The summed E-state index contributed by atoms with van der Waals surface area (Å²) in [5.41, 5.74) is 14.6. The Bertz CT molecular complexity index is 2210. The molecule has 1 atom stereocenters. The largest absolute Gasteiger partial charge is 0.385 e. The molecule has 4 N–H and O–H groups in total. The van der Waals surface area contributed by atoms with Gasteiger partial charge in [-0.15, -0.1) is 5.10 Å². The van der Waals surface area contributed by atoms with Crippen molar-refractivity contribution in [1.29, 1.82) is 0 Å². The van der Waals surface area contributed by atoms with Gasteiger partial charge >= 0.3 is 0 Å². The number of anilines is 3. The summed E-state index contributed by atoms with van der Waals surface area (Å²) >= 11 is 6.60. The first-order valence-corrected chi connectivity index (χ1v) is 18.4. The molecule has 2 fully saturated rings. The van der Waals surface area contributed by atoms with Crippen LogP contribution in [0.4, 0.5) is 17.2 Å². The van der Waals surface area contributed by atoms with Gasteiger partial charge in [0, 0.05) is 87.8 Å². The molecule has 3 aromatic heterocycles. The number of halogens is 1. The highest BCUT2D eigenvalue weighted by atomic mass is 35.5. The number of hydrogen-bond acceptors (Lipinski definition) is 10. The summed E-state index contributed by atoms with van der Waals surface area (Å²) in [6.45, 7) is 6.47. The molecule has 0 bridgehead atoms. The van der Waals surface area contributed by atoms with Crippen LogP contribution in [-0.4, -0.2) is 93.4 Å². The smallest absolute Gasteiger partial charge is 0.269 e. The number of imide groups is 1. The van der Waals surface area contributed by atoms with Crippen LogP contribution in [0.5, 0.6) is 0 Å². The van der Waals surface area contributed by atoms with E-state index in [1.54, 1.807) is 0 Å². The van der Waals surface area contributed by atoms with Crippen LogP contribution in [0.1, 0.15) is 51.5 Å². The Morgan fingerprint density at radius 1 is 0.962 bits per heavy atom. The minimum Gasteiger partial charge on any atom is -0.385 e. The number of hydrogen-bond donors (Lipinski definition) is 3. The van der Waals surface area contributed by atoms with Crippen LogP contribution in [0, 0.1) is 0 Å². The van der Waals surface area contributed by atoms with Crippen LogP contribution in [-0.2, 0) is 29.0 Å². The third-order valence-electron chi connectivity index (χ3n) is 10.6. The highest BCUT2D eigenvalue weighted by molar-refractivity contribution is 6.31. The summed E-state index contributed by atoms with van der Waals surface area (Å²) in [5.74, 6) is -0.743. The third-order valence-corrected chi connectivity index (χ3v) is 11.0. The summed E-state index contributed by atoms with van der Waals surface area (Å²) in [7, 11) is 1.82. The number of rotatable bonds is 10. The maximum Gasteiger partial charge on any atom is 0.269 e. The topological polar surface area (TPSA) is 154 Å².